The van der Waals surface area contributed by atoms with E-state index in [1.807, 2.05) is 60.8 Å². The first-order chi connectivity index (χ1) is 22.0. The number of carbonyl (C=O) groups is 2. The van der Waals surface area contributed by atoms with Crippen molar-refractivity contribution in [2.24, 2.45) is 23.3 Å². The summed E-state index contributed by atoms with van der Waals surface area (Å²) in [5.74, 6) is 0.931. The maximum absolute atomic E-state index is 14.2. The molecule has 2 aromatic heterocycles. The molecular formula is C33H40ClN9O3. The Balaban J connectivity index is 0.00000417. The fourth-order valence-corrected chi connectivity index (χ4v) is 6.30. The minimum atomic E-state index is -0.875. The number of aromatic amines is 1. The zero-order valence-corrected chi connectivity index (χ0v) is 26.4. The molecule has 1 aliphatic carbocycles. The van der Waals surface area contributed by atoms with E-state index in [1.165, 1.54) is 0 Å². The van der Waals surface area contributed by atoms with E-state index in [2.05, 4.69) is 36.6 Å². The van der Waals surface area contributed by atoms with Crippen LogP contribution in [0.4, 0.5) is 11.5 Å². The summed E-state index contributed by atoms with van der Waals surface area (Å²) in [6.07, 6.45) is 5.35. The van der Waals surface area contributed by atoms with Gasteiger partial charge in [-0.25, -0.2) is 4.98 Å². The molecule has 0 radical (unpaired) electrons. The zero-order valence-electron chi connectivity index (χ0n) is 25.6. The Bertz CT molecular complexity index is 1570. The number of primary amides is 1. The number of nitrogens with zero attached hydrogens (tertiary/aromatic N) is 6. The molecule has 46 heavy (non-hydrogen) atoms. The number of tetrazole rings is 1. The fraction of sp³-hybridized carbons (Fsp3) is 0.394. The van der Waals surface area contributed by atoms with Gasteiger partial charge in [0.25, 0.3) is 0 Å². The van der Waals surface area contributed by atoms with Crippen LogP contribution >= 0.6 is 12.4 Å². The van der Waals surface area contributed by atoms with Crippen molar-refractivity contribution in [2.45, 2.75) is 38.1 Å². The minimum Gasteiger partial charge on any atom is -0.378 e. The van der Waals surface area contributed by atoms with E-state index in [0.717, 1.165) is 66.8 Å². The van der Waals surface area contributed by atoms with Gasteiger partial charge in [0.15, 0.2) is 0 Å². The first-order valence-corrected chi connectivity index (χ1v) is 15.5. The molecule has 242 valence electrons. The van der Waals surface area contributed by atoms with Crippen molar-refractivity contribution in [1.82, 2.24) is 25.6 Å². The lowest BCUT2D eigenvalue weighted by atomic mass is 9.81. The van der Waals surface area contributed by atoms with Gasteiger partial charge in [0.1, 0.15) is 11.9 Å². The molecule has 1 atom stereocenters. The lowest BCUT2D eigenvalue weighted by Crippen LogP contribution is -2.52. The number of rotatable bonds is 10. The summed E-state index contributed by atoms with van der Waals surface area (Å²) in [5.41, 5.74) is 16.3. The largest absolute Gasteiger partial charge is 0.378 e. The number of H-pyrrole nitrogens is 1. The van der Waals surface area contributed by atoms with E-state index in [1.54, 1.807) is 4.90 Å². The molecule has 2 amide bonds. The zero-order chi connectivity index (χ0) is 31.2. The van der Waals surface area contributed by atoms with Gasteiger partial charge in [-0.1, -0.05) is 24.3 Å². The second-order valence-corrected chi connectivity index (χ2v) is 11.8. The van der Waals surface area contributed by atoms with Crippen molar-refractivity contribution < 1.29 is 14.3 Å². The van der Waals surface area contributed by atoms with Crippen LogP contribution in [0, 0.1) is 11.8 Å². The van der Waals surface area contributed by atoms with Crippen molar-refractivity contribution >= 4 is 35.7 Å². The molecule has 12 nitrogen and oxygen atoms in total. The van der Waals surface area contributed by atoms with E-state index in [4.69, 9.17) is 16.2 Å². The quantitative estimate of drug-likeness (QED) is 0.234. The fourth-order valence-electron chi connectivity index (χ4n) is 6.30. The number of nitrogens with one attached hydrogen (secondary N) is 1. The number of hydrogen-bond acceptors (Lipinski definition) is 9. The monoisotopic (exact) mass is 645 g/mol. The summed E-state index contributed by atoms with van der Waals surface area (Å²) in [6, 6.07) is 18.5. The van der Waals surface area contributed by atoms with Crippen LogP contribution < -0.4 is 21.3 Å². The Morgan fingerprint density at radius 2 is 1.65 bits per heavy atom. The van der Waals surface area contributed by atoms with E-state index >= 15 is 0 Å². The number of pyridine rings is 1. The number of hydrogen-bond donors (Lipinski definition) is 3. The van der Waals surface area contributed by atoms with Gasteiger partial charge < -0.3 is 21.1 Å². The highest BCUT2D eigenvalue weighted by molar-refractivity contribution is 6.01. The summed E-state index contributed by atoms with van der Waals surface area (Å²) >= 11 is 0. The normalized spacial score (nSPS) is 18.8. The van der Waals surface area contributed by atoms with Crippen LogP contribution in [0.15, 0.2) is 66.9 Å². The number of amides is 2. The second-order valence-electron chi connectivity index (χ2n) is 11.8. The van der Waals surface area contributed by atoms with Gasteiger partial charge in [-0.2, -0.15) is 5.21 Å². The number of ether oxygens (including phenoxy) is 1. The molecule has 0 bridgehead atoms. The molecule has 1 aliphatic heterocycles. The van der Waals surface area contributed by atoms with Crippen LogP contribution in [-0.2, 0) is 20.7 Å². The average Bonchev–Trinajstić information content (AvgIpc) is 3.64. The summed E-state index contributed by atoms with van der Waals surface area (Å²) in [5, 5.41) is 14.2. The smallest absolute Gasteiger partial charge is 0.240 e. The Morgan fingerprint density at radius 3 is 2.28 bits per heavy atom. The van der Waals surface area contributed by atoms with Crippen LogP contribution in [0.1, 0.15) is 31.2 Å². The molecule has 13 heteroatoms. The topological polar surface area (TPSA) is 169 Å². The Labute approximate surface area is 274 Å². The molecule has 2 aromatic carbocycles. The lowest BCUT2D eigenvalue weighted by molar-refractivity contribution is -0.127. The molecule has 3 heterocycles. The third kappa shape index (κ3) is 7.52. The second kappa shape index (κ2) is 15.3. The molecule has 1 saturated heterocycles. The van der Waals surface area contributed by atoms with E-state index in [9.17, 15) is 9.59 Å². The van der Waals surface area contributed by atoms with Gasteiger partial charge in [-0.05, 0) is 96.4 Å². The summed E-state index contributed by atoms with van der Waals surface area (Å²) < 4.78 is 5.48. The lowest BCUT2D eigenvalue weighted by Gasteiger charge is -2.35. The number of halogens is 1. The third-order valence-electron chi connectivity index (χ3n) is 8.95. The third-order valence-corrected chi connectivity index (χ3v) is 8.95. The highest BCUT2D eigenvalue weighted by atomic mass is 35.5. The Kier molecular flexibility index (Phi) is 10.9. The first kappa shape index (κ1) is 33.0. The van der Waals surface area contributed by atoms with Gasteiger partial charge in [0.05, 0.1) is 13.2 Å². The van der Waals surface area contributed by atoms with E-state index in [-0.39, 0.29) is 30.7 Å². The van der Waals surface area contributed by atoms with Crippen LogP contribution in [0.2, 0.25) is 0 Å². The maximum atomic E-state index is 14.2. The molecule has 0 spiro atoms. The van der Waals surface area contributed by atoms with Gasteiger partial charge in [0, 0.05) is 42.9 Å². The number of carbonyl (C=O) groups excluding carboxylic acids is 2. The number of morpholine rings is 1. The summed E-state index contributed by atoms with van der Waals surface area (Å²) in [6.45, 7) is 3.63. The van der Waals surface area contributed by atoms with E-state index < -0.39 is 11.9 Å². The average molecular weight is 646 g/mol. The van der Waals surface area contributed by atoms with Crippen molar-refractivity contribution in [3.05, 3.63) is 72.4 Å². The summed E-state index contributed by atoms with van der Waals surface area (Å²) in [7, 11) is 0. The van der Waals surface area contributed by atoms with Crippen molar-refractivity contribution in [3.8, 4) is 22.5 Å². The highest BCUT2D eigenvalue weighted by Gasteiger charge is 2.36. The molecule has 6 rings (SSSR count). The molecule has 2 aliphatic rings. The number of benzene rings is 2. The molecule has 5 N–H and O–H groups in total. The van der Waals surface area contributed by atoms with E-state index in [0.29, 0.717) is 37.2 Å². The SMILES string of the molecule is Cl.NCC1CCC(C(=O)N(c2ccc(-c3nn[nH]n3)cc2)[C@@H](Cc2ccc(-c3ccnc(N4CCOCC4)c3)cc2)C(N)=O)CC1. The number of aromatic nitrogens is 5. The molecule has 1 saturated carbocycles. The number of anilines is 2. The van der Waals surface area contributed by atoms with Gasteiger partial charge in [-0.15, -0.1) is 22.6 Å². The van der Waals surface area contributed by atoms with Crippen LogP contribution in [0.3, 0.4) is 0 Å². The van der Waals surface area contributed by atoms with Gasteiger partial charge in [0.2, 0.25) is 17.6 Å². The first-order valence-electron chi connectivity index (χ1n) is 15.5. The van der Waals surface area contributed by atoms with Gasteiger partial charge >= 0.3 is 0 Å². The molecule has 2 fully saturated rings. The van der Waals surface area contributed by atoms with Crippen LogP contribution in [0.5, 0.6) is 0 Å². The maximum Gasteiger partial charge on any atom is 0.240 e. The van der Waals surface area contributed by atoms with Crippen molar-refractivity contribution in [2.75, 3.05) is 42.6 Å². The standard InChI is InChI=1S/C33H39N9O3.ClH/c34-21-23-3-7-26(8-4-23)33(44)42(28-11-9-25(10-12-28)32-37-39-40-38-32)29(31(35)43)19-22-1-5-24(6-2-22)27-13-14-36-30(20-27)41-15-17-45-18-16-41;/h1-2,5-6,9-14,20,23,26,29H,3-4,7-8,15-19,21,34H2,(H2,35,43)(H,37,38,39,40);1H/t23?,26?,29-;/m0./s1. The van der Waals surface area contributed by atoms with Crippen LogP contribution in [-0.4, -0.2) is 76.3 Å². The Hall–Kier alpha value is -4.39. The molecule has 4 aromatic rings. The van der Waals surface area contributed by atoms with Gasteiger partial charge in [-0.3, -0.25) is 14.5 Å². The Morgan fingerprint density at radius 1 is 0.957 bits per heavy atom. The van der Waals surface area contributed by atoms with Crippen molar-refractivity contribution in [3.63, 3.8) is 0 Å². The highest BCUT2D eigenvalue weighted by Crippen LogP contribution is 2.33. The minimum absolute atomic E-state index is 0. The summed E-state index contributed by atoms with van der Waals surface area (Å²) in [4.78, 5) is 35.7. The predicted octanol–water partition coefficient (Wildman–Crippen LogP) is 3.38. The predicted molar refractivity (Wildman–Crippen MR) is 178 cm³/mol. The molecule has 0 unspecified atom stereocenters. The number of nitrogens with two attached hydrogens (primary N) is 2. The van der Waals surface area contributed by atoms with Crippen LogP contribution in [0.25, 0.3) is 22.5 Å². The molecular weight excluding hydrogens is 606 g/mol. The van der Waals surface area contributed by atoms with Crippen molar-refractivity contribution in [1.29, 1.82) is 0 Å².